The molecule has 0 radical (unpaired) electrons. The normalized spacial score (nSPS) is 16.0. The lowest BCUT2D eigenvalue weighted by Crippen LogP contribution is -2.34. The van der Waals surface area contributed by atoms with Gasteiger partial charge in [0, 0.05) is 6.54 Å². The van der Waals surface area contributed by atoms with Crippen molar-refractivity contribution in [1.82, 2.24) is 0 Å². The van der Waals surface area contributed by atoms with Gasteiger partial charge in [-0.25, -0.2) is 5.84 Å². The Morgan fingerprint density at radius 1 is 1.16 bits per heavy atom. The van der Waals surface area contributed by atoms with Crippen molar-refractivity contribution in [3.8, 4) is 5.75 Å². The maximum absolute atomic E-state index is 13.2. The Morgan fingerprint density at radius 3 is 2.16 bits per heavy atom. The summed E-state index contributed by atoms with van der Waals surface area (Å²) < 4.78 is 102. The number of hydrogen-bond acceptors (Lipinski definition) is 6. The molecule has 1 aromatic carbocycles. The number of halogens is 6. The number of nitrogens with zero attached hydrogens (tertiary/aromatic N) is 1. The number of rotatable bonds is 5. The Morgan fingerprint density at radius 2 is 1.72 bits per heavy atom. The molecule has 1 aromatic rings. The molecule has 13 heteroatoms. The highest BCUT2D eigenvalue weighted by Gasteiger charge is 2.50. The molecule has 0 heterocycles. The molecule has 0 aliphatic heterocycles. The second-order valence-corrected chi connectivity index (χ2v) is 6.99. The first-order valence-corrected chi connectivity index (χ1v) is 8.17. The number of nitrogen functional groups attached to an aromatic ring is 1. The second-order valence-electron chi connectivity index (χ2n) is 5.45. The molecule has 142 valence electrons. The van der Waals surface area contributed by atoms with Crippen molar-refractivity contribution in [2.45, 2.75) is 24.5 Å². The quantitative estimate of drug-likeness (QED) is 0.199. The molecule has 0 unspecified atom stereocenters. The molecule has 1 fully saturated rings. The first kappa shape index (κ1) is 19.4. The molecule has 25 heavy (non-hydrogen) atoms. The van der Waals surface area contributed by atoms with E-state index in [0.717, 1.165) is 23.9 Å². The first-order chi connectivity index (χ1) is 11.2. The average Bonchev–Trinajstić information content (AvgIpc) is 3.19. The number of nitrogens with two attached hydrogens (primary N) is 2. The van der Waals surface area contributed by atoms with E-state index in [0.29, 0.717) is 6.07 Å². The minimum absolute atomic E-state index is 0.181. The minimum atomic E-state index is -6.29. The van der Waals surface area contributed by atoms with E-state index in [9.17, 15) is 34.8 Å². The van der Waals surface area contributed by atoms with Crippen LogP contribution in [0.5, 0.6) is 5.75 Å². The predicted octanol–water partition coefficient (Wildman–Crippen LogP) is 2.61. The summed E-state index contributed by atoms with van der Waals surface area (Å²) in [6.07, 6.45) is -3.59. The van der Waals surface area contributed by atoms with Crippen LogP contribution in [0.4, 0.5) is 37.7 Å². The summed E-state index contributed by atoms with van der Waals surface area (Å²) in [5, 5.41) is 0.935. The van der Waals surface area contributed by atoms with E-state index in [-0.39, 0.29) is 18.2 Å². The summed E-state index contributed by atoms with van der Waals surface area (Å²) in [6, 6.07) is 1.30. The third-order valence-corrected chi connectivity index (χ3v) is 4.38. The molecular weight excluding hydrogens is 380 g/mol. The molecule has 6 nitrogen and oxygen atoms in total. The van der Waals surface area contributed by atoms with E-state index >= 15 is 0 Å². The first-order valence-electron chi connectivity index (χ1n) is 6.76. The number of alkyl halides is 6. The molecule has 1 saturated carbocycles. The molecular formula is C12H13F6N3O3S. The summed E-state index contributed by atoms with van der Waals surface area (Å²) >= 11 is 0. The van der Waals surface area contributed by atoms with Gasteiger partial charge in [-0.2, -0.15) is 34.8 Å². The molecule has 0 atom stereocenters. The third kappa shape index (κ3) is 4.21. The molecule has 4 N–H and O–H groups in total. The molecule has 0 aromatic heterocycles. The van der Waals surface area contributed by atoms with Gasteiger partial charge in [0.15, 0.2) is 5.75 Å². The average molecular weight is 393 g/mol. The molecule has 0 saturated heterocycles. The van der Waals surface area contributed by atoms with Crippen LogP contribution in [0, 0.1) is 5.92 Å². The van der Waals surface area contributed by atoms with Crippen molar-refractivity contribution in [3.05, 3.63) is 17.7 Å². The van der Waals surface area contributed by atoms with Crippen molar-refractivity contribution in [2.75, 3.05) is 17.3 Å². The lowest BCUT2D eigenvalue weighted by atomic mass is 10.1. The summed E-state index contributed by atoms with van der Waals surface area (Å²) in [4.78, 5) is 0. The summed E-state index contributed by atoms with van der Waals surface area (Å²) in [5.41, 5.74) is -3.66. The van der Waals surface area contributed by atoms with Gasteiger partial charge in [-0.1, -0.05) is 0 Å². The highest BCUT2D eigenvalue weighted by molar-refractivity contribution is 7.88. The summed E-state index contributed by atoms with van der Waals surface area (Å²) in [6.45, 7) is 0.197. The van der Waals surface area contributed by atoms with E-state index in [1.165, 1.54) is 0 Å². The van der Waals surface area contributed by atoms with Crippen LogP contribution in [-0.2, 0) is 16.3 Å². The van der Waals surface area contributed by atoms with Gasteiger partial charge in [0.2, 0.25) is 0 Å². The van der Waals surface area contributed by atoms with E-state index in [4.69, 9.17) is 11.6 Å². The Balaban J connectivity index is 2.49. The van der Waals surface area contributed by atoms with Crippen LogP contribution in [0.3, 0.4) is 0 Å². The number of benzene rings is 1. The van der Waals surface area contributed by atoms with Crippen LogP contribution >= 0.6 is 0 Å². The predicted molar refractivity (Wildman–Crippen MR) is 75.7 cm³/mol. The molecule has 0 spiro atoms. The Labute approximate surface area is 138 Å². The zero-order valence-electron chi connectivity index (χ0n) is 12.4. The van der Waals surface area contributed by atoms with Crippen LogP contribution in [0.1, 0.15) is 18.4 Å². The minimum Gasteiger partial charge on any atom is -0.396 e. The van der Waals surface area contributed by atoms with Crippen molar-refractivity contribution in [1.29, 1.82) is 0 Å². The standard InChI is InChI=1S/C12H13F6N3O3S/c13-11(14,15)9-8(24-25(22,23)12(16,17)18)4-3-7(10(9)19)21(20)5-6-1-2-6/h3-4,6H,1-2,5,19-20H2. The zero-order valence-corrected chi connectivity index (χ0v) is 13.2. The van der Waals surface area contributed by atoms with Crippen LogP contribution < -0.4 is 20.8 Å². The van der Waals surface area contributed by atoms with Gasteiger partial charge in [-0.15, -0.1) is 0 Å². The van der Waals surface area contributed by atoms with Gasteiger partial charge in [0.25, 0.3) is 0 Å². The van der Waals surface area contributed by atoms with E-state index in [2.05, 4.69) is 4.18 Å². The van der Waals surface area contributed by atoms with Crippen molar-refractivity contribution >= 4 is 21.5 Å². The van der Waals surface area contributed by atoms with Crippen LogP contribution in [0.25, 0.3) is 0 Å². The van der Waals surface area contributed by atoms with Gasteiger partial charge in [-0.3, -0.25) is 0 Å². The maximum atomic E-state index is 13.2. The fourth-order valence-corrected chi connectivity index (χ4v) is 2.51. The molecule has 1 aliphatic rings. The van der Waals surface area contributed by atoms with Gasteiger partial charge < -0.3 is 14.9 Å². The van der Waals surface area contributed by atoms with Crippen molar-refractivity contribution in [2.24, 2.45) is 11.8 Å². The molecule has 1 aliphatic carbocycles. The van der Waals surface area contributed by atoms with E-state index in [1.807, 2.05) is 0 Å². The maximum Gasteiger partial charge on any atom is 0.534 e. The topological polar surface area (TPSA) is 98.7 Å². The monoisotopic (exact) mass is 393 g/mol. The van der Waals surface area contributed by atoms with Crippen molar-refractivity contribution in [3.63, 3.8) is 0 Å². The highest BCUT2D eigenvalue weighted by atomic mass is 32.2. The van der Waals surface area contributed by atoms with Gasteiger partial charge in [0.1, 0.15) is 5.56 Å². The van der Waals surface area contributed by atoms with E-state index < -0.39 is 38.8 Å². The smallest absolute Gasteiger partial charge is 0.396 e. The lowest BCUT2D eigenvalue weighted by Gasteiger charge is -2.24. The Bertz CT molecular complexity index is 759. The lowest BCUT2D eigenvalue weighted by molar-refractivity contribution is -0.137. The number of hydrazine groups is 1. The fraction of sp³-hybridized carbons (Fsp3) is 0.500. The molecule has 2 rings (SSSR count). The zero-order chi connectivity index (χ0) is 19.2. The van der Waals surface area contributed by atoms with Crippen molar-refractivity contribution < 1.29 is 38.9 Å². The summed E-state index contributed by atoms with van der Waals surface area (Å²) in [5.74, 6) is 4.25. The van der Waals surface area contributed by atoms with E-state index in [1.54, 1.807) is 0 Å². The van der Waals surface area contributed by atoms with Crippen LogP contribution in [0.2, 0.25) is 0 Å². The Kier molecular flexibility index (Phi) is 4.76. The largest absolute Gasteiger partial charge is 0.534 e. The van der Waals surface area contributed by atoms with Gasteiger partial charge >= 0.3 is 21.8 Å². The molecule has 0 amide bonds. The summed E-state index contributed by atoms with van der Waals surface area (Å²) in [7, 11) is -6.29. The molecule has 0 bridgehead atoms. The number of hydrogen-bond donors (Lipinski definition) is 2. The number of anilines is 2. The van der Waals surface area contributed by atoms with Crippen LogP contribution in [0.15, 0.2) is 12.1 Å². The SMILES string of the molecule is Nc1c(N(N)CC2CC2)ccc(OS(=O)(=O)C(F)(F)F)c1C(F)(F)F. The highest BCUT2D eigenvalue weighted by Crippen LogP contribution is 2.45. The fourth-order valence-electron chi connectivity index (χ4n) is 2.04. The third-order valence-electron chi connectivity index (χ3n) is 3.41. The van der Waals surface area contributed by atoms with Gasteiger partial charge in [0.05, 0.1) is 11.4 Å². The Hall–Kier alpha value is -1.89. The van der Waals surface area contributed by atoms with Crippen LogP contribution in [-0.4, -0.2) is 20.5 Å². The second kappa shape index (κ2) is 6.12. The van der Waals surface area contributed by atoms with Gasteiger partial charge in [-0.05, 0) is 30.9 Å².